The first-order chi connectivity index (χ1) is 8.72. The van der Waals surface area contributed by atoms with Crippen molar-refractivity contribution < 1.29 is 9.90 Å². The first-order valence-electron chi connectivity index (χ1n) is 7.43. The van der Waals surface area contributed by atoms with Gasteiger partial charge in [-0.15, -0.1) is 0 Å². The number of carbonyl (C=O) groups is 1. The lowest BCUT2D eigenvalue weighted by Crippen LogP contribution is -2.40. The molecule has 2 saturated carbocycles. The predicted molar refractivity (Wildman–Crippen MR) is 69.5 cm³/mol. The average molecular weight is 252 g/mol. The van der Waals surface area contributed by atoms with Crippen molar-refractivity contribution in [3.8, 4) is 0 Å². The predicted octanol–water partition coefficient (Wildman–Crippen LogP) is 1.31. The molecule has 102 valence electrons. The molecular formula is C14H24N2O2. The molecule has 1 heterocycles. The largest absolute Gasteiger partial charge is 0.480 e. The van der Waals surface area contributed by atoms with Crippen LogP contribution in [0.3, 0.4) is 0 Å². The van der Waals surface area contributed by atoms with Crippen LogP contribution in [0, 0.1) is 11.8 Å². The number of hydrogen-bond acceptors (Lipinski definition) is 3. The Bertz CT molecular complexity index is 305. The molecule has 0 radical (unpaired) electrons. The number of hydrogen-bond donors (Lipinski definition) is 2. The number of carboxylic acids is 1. The van der Waals surface area contributed by atoms with Crippen LogP contribution in [0.5, 0.6) is 0 Å². The van der Waals surface area contributed by atoms with Crippen LogP contribution in [0.25, 0.3) is 0 Å². The van der Waals surface area contributed by atoms with Crippen LogP contribution in [0.15, 0.2) is 0 Å². The minimum Gasteiger partial charge on any atom is -0.480 e. The average Bonchev–Trinajstić information content (AvgIpc) is 2.89. The summed E-state index contributed by atoms with van der Waals surface area (Å²) in [6, 6.07) is 0.141. The Morgan fingerprint density at radius 3 is 2.44 bits per heavy atom. The summed E-state index contributed by atoms with van der Waals surface area (Å²) in [5, 5.41) is 12.4. The fraction of sp³-hybridized carbons (Fsp3) is 0.929. The second kappa shape index (κ2) is 5.17. The topological polar surface area (TPSA) is 52.6 Å². The molecule has 1 saturated heterocycles. The van der Waals surface area contributed by atoms with Gasteiger partial charge in [-0.25, -0.2) is 0 Å². The van der Waals surface area contributed by atoms with Gasteiger partial charge in [0.05, 0.1) is 0 Å². The van der Waals surface area contributed by atoms with E-state index in [1.165, 1.54) is 32.4 Å². The molecule has 0 aromatic rings. The maximum Gasteiger partial charge on any atom is 0.320 e. The zero-order chi connectivity index (χ0) is 12.5. The SMILES string of the molecule is O=C(O)C(CCN1CC2CCCC2C1)NC1CC1. The van der Waals surface area contributed by atoms with Crippen molar-refractivity contribution in [1.29, 1.82) is 0 Å². The number of nitrogens with one attached hydrogen (secondary N) is 1. The van der Waals surface area contributed by atoms with Crippen LogP contribution in [0.4, 0.5) is 0 Å². The van der Waals surface area contributed by atoms with Gasteiger partial charge in [-0.1, -0.05) is 6.42 Å². The maximum absolute atomic E-state index is 11.2. The highest BCUT2D eigenvalue weighted by Crippen LogP contribution is 2.37. The molecule has 0 aromatic heterocycles. The van der Waals surface area contributed by atoms with E-state index in [-0.39, 0.29) is 6.04 Å². The zero-order valence-electron chi connectivity index (χ0n) is 11.0. The molecule has 18 heavy (non-hydrogen) atoms. The van der Waals surface area contributed by atoms with Gasteiger partial charge in [0.2, 0.25) is 0 Å². The lowest BCUT2D eigenvalue weighted by atomic mass is 10.0. The van der Waals surface area contributed by atoms with Crippen LogP contribution >= 0.6 is 0 Å². The molecule has 3 fully saturated rings. The fourth-order valence-corrected chi connectivity index (χ4v) is 3.64. The lowest BCUT2D eigenvalue weighted by Gasteiger charge is -2.20. The van der Waals surface area contributed by atoms with Crippen molar-refractivity contribution >= 4 is 5.97 Å². The lowest BCUT2D eigenvalue weighted by molar-refractivity contribution is -0.139. The molecule has 0 spiro atoms. The molecular weight excluding hydrogens is 228 g/mol. The van der Waals surface area contributed by atoms with Crippen molar-refractivity contribution in [3.05, 3.63) is 0 Å². The Morgan fingerprint density at radius 2 is 1.89 bits per heavy atom. The first kappa shape index (κ1) is 12.4. The van der Waals surface area contributed by atoms with E-state index in [1.807, 2.05) is 0 Å². The normalized spacial score (nSPS) is 33.6. The summed E-state index contributed by atoms with van der Waals surface area (Å²) in [4.78, 5) is 13.7. The quantitative estimate of drug-likeness (QED) is 0.748. The Kier molecular flexibility index (Phi) is 3.57. The van der Waals surface area contributed by atoms with E-state index in [4.69, 9.17) is 0 Å². The standard InChI is InChI=1S/C14H24N2O2/c17-14(18)13(15-12-4-5-12)6-7-16-8-10-2-1-3-11(10)9-16/h10-13,15H,1-9H2,(H,17,18). The molecule has 0 bridgehead atoms. The molecule has 3 rings (SSSR count). The molecule has 1 aliphatic heterocycles. The van der Waals surface area contributed by atoms with Gasteiger partial charge < -0.3 is 15.3 Å². The van der Waals surface area contributed by atoms with Gasteiger partial charge >= 0.3 is 5.97 Å². The molecule has 0 amide bonds. The Hall–Kier alpha value is -0.610. The number of likely N-dealkylation sites (tertiary alicyclic amines) is 1. The van der Waals surface area contributed by atoms with Gasteiger partial charge in [-0.05, 0) is 43.9 Å². The number of aliphatic carboxylic acids is 1. The molecule has 3 atom stereocenters. The van der Waals surface area contributed by atoms with E-state index >= 15 is 0 Å². The van der Waals surface area contributed by atoms with Crippen molar-refractivity contribution in [2.24, 2.45) is 11.8 Å². The highest BCUT2D eigenvalue weighted by atomic mass is 16.4. The minimum absolute atomic E-state index is 0.335. The van der Waals surface area contributed by atoms with E-state index < -0.39 is 5.97 Å². The summed E-state index contributed by atoms with van der Waals surface area (Å²) < 4.78 is 0. The molecule has 2 aliphatic carbocycles. The second-order valence-electron chi connectivity index (χ2n) is 6.33. The number of rotatable bonds is 6. The summed E-state index contributed by atoms with van der Waals surface area (Å²) in [5.74, 6) is 1.13. The van der Waals surface area contributed by atoms with Crippen LogP contribution < -0.4 is 5.32 Å². The summed E-state index contributed by atoms with van der Waals surface area (Å²) in [6.07, 6.45) is 7.25. The summed E-state index contributed by atoms with van der Waals surface area (Å²) in [6.45, 7) is 3.37. The van der Waals surface area contributed by atoms with E-state index in [1.54, 1.807) is 0 Å². The Morgan fingerprint density at radius 1 is 1.22 bits per heavy atom. The van der Waals surface area contributed by atoms with Crippen molar-refractivity contribution in [1.82, 2.24) is 10.2 Å². The monoisotopic (exact) mass is 252 g/mol. The van der Waals surface area contributed by atoms with E-state index in [9.17, 15) is 9.90 Å². The highest BCUT2D eigenvalue weighted by molar-refractivity contribution is 5.73. The van der Waals surface area contributed by atoms with Gasteiger partial charge in [-0.2, -0.15) is 0 Å². The fourth-order valence-electron chi connectivity index (χ4n) is 3.64. The van der Waals surface area contributed by atoms with Crippen LogP contribution in [-0.2, 0) is 4.79 Å². The van der Waals surface area contributed by atoms with E-state index in [2.05, 4.69) is 10.2 Å². The van der Waals surface area contributed by atoms with Crippen molar-refractivity contribution in [2.75, 3.05) is 19.6 Å². The second-order valence-corrected chi connectivity index (χ2v) is 6.33. The van der Waals surface area contributed by atoms with Crippen molar-refractivity contribution in [3.63, 3.8) is 0 Å². The van der Waals surface area contributed by atoms with Crippen LogP contribution in [-0.4, -0.2) is 47.7 Å². The van der Waals surface area contributed by atoms with Gasteiger partial charge in [0.15, 0.2) is 0 Å². The van der Waals surface area contributed by atoms with Gasteiger partial charge in [0.25, 0.3) is 0 Å². The Labute approximate surface area is 109 Å². The maximum atomic E-state index is 11.2. The molecule has 0 aromatic carbocycles. The molecule has 2 N–H and O–H groups in total. The molecule has 3 aliphatic rings. The minimum atomic E-state index is -0.679. The van der Waals surface area contributed by atoms with Gasteiger partial charge in [0.1, 0.15) is 6.04 Å². The Balaban J connectivity index is 1.43. The van der Waals surface area contributed by atoms with Gasteiger partial charge in [-0.3, -0.25) is 4.79 Å². The molecule has 4 nitrogen and oxygen atoms in total. The van der Waals surface area contributed by atoms with Crippen molar-refractivity contribution in [2.45, 2.75) is 50.6 Å². The van der Waals surface area contributed by atoms with Gasteiger partial charge in [0, 0.05) is 25.7 Å². The summed E-state index contributed by atoms with van der Waals surface area (Å²) in [5.41, 5.74) is 0. The molecule has 3 unspecified atom stereocenters. The third kappa shape index (κ3) is 2.86. The number of carboxylic acid groups (broad SMARTS) is 1. The van der Waals surface area contributed by atoms with Crippen LogP contribution in [0.1, 0.15) is 38.5 Å². The third-order valence-corrected chi connectivity index (χ3v) is 4.85. The summed E-state index contributed by atoms with van der Waals surface area (Å²) >= 11 is 0. The zero-order valence-corrected chi connectivity index (χ0v) is 11.0. The number of fused-ring (bicyclic) bond motifs is 1. The molecule has 4 heteroatoms. The third-order valence-electron chi connectivity index (χ3n) is 4.85. The number of nitrogens with zero attached hydrogens (tertiary/aromatic N) is 1. The highest BCUT2D eigenvalue weighted by Gasteiger charge is 2.36. The first-order valence-corrected chi connectivity index (χ1v) is 7.43. The van der Waals surface area contributed by atoms with E-state index in [0.29, 0.717) is 6.04 Å². The smallest absolute Gasteiger partial charge is 0.320 e. The van der Waals surface area contributed by atoms with Crippen LogP contribution in [0.2, 0.25) is 0 Å². The van der Waals surface area contributed by atoms with E-state index in [0.717, 1.165) is 37.6 Å². The summed E-state index contributed by atoms with van der Waals surface area (Å²) in [7, 11) is 0.